The Morgan fingerprint density at radius 1 is 1.32 bits per heavy atom. The highest BCUT2D eigenvalue weighted by Gasteiger charge is 2.68. The lowest BCUT2D eigenvalue weighted by atomic mass is 9.96. The van der Waals surface area contributed by atoms with Crippen LogP contribution >= 0.6 is 0 Å². The quantitative estimate of drug-likeness (QED) is 0.693. The summed E-state index contributed by atoms with van der Waals surface area (Å²) in [6.07, 6.45) is 0. The molecule has 1 aromatic rings. The molecule has 0 radical (unpaired) electrons. The lowest BCUT2D eigenvalue weighted by Gasteiger charge is -2.42. The van der Waals surface area contributed by atoms with Crippen molar-refractivity contribution >= 4 is 28.6 Å². The fourth-order valence-corrected chi connectivity index (χ4v) is 5.09. The van der Waals surface area contributed by atoms with Gasteiger partial charge in [0.15, 0.2) is 6.61 Å². The molecule has 2 saturated heterocycles. The minimum atomic E-state index is -1.61. The van der Waals surface area contributed by atoms with Gasteiger partial charge >= 0.3 is 5.97 Å². The first-order valence-corrected chi connectivity index (χ1v) is 8.89. The fourth-order valence-electron chi connectivity index (χ4n) is 3.17. The van der Waals surface area contributed by atoms with E-state index < -0.39 is 50.8 Å². The van der Waals surface area contributed by atoms with Crippen molar-refractivity contribution in [2.75, 3.05) is 6.61 Å². The van der Waals surface area contributed by atoms with E-state index in [9.17, 15) is 23.7 Å². The molecule has 2 aliphatic heterocycles. The summed E-state index contributed by atoms with van der Waals surface area (Å²) in [6.45, 7) is 2.80. The van der Waals surface area contributed by atoms with Gasteiger partial charge in [0.2, 0.25) is 5.91 Å². The Kier molecular flexibility index (Phi) is 4.28. The van der Waals surface area contributed by atoms with Gasteiger partial charge < -0.3 is 20.1 Å². The third-order valence-electron chi connectivity index (χ3n) is 4.42. The molecule has 2 aliphatic rings. The Labute approximate surface area is 146 Å². The highest BCUT2D eigenvalue weighted by Crippen LogP contribution is 2.43. The van der Waals surface area contributed by atoms with Gasteiger partial charge in [0.05, 0.1) is 15.5 Å². The number of ether oxygens (including phenoxy) is 1. The molecule has 134 valence electrons. The first-order chi connectivity index (χ1) is 11.7. The van der Waals surface area contributed by atoms with Crippen LogP contribution in [0.2, 0.25) is 0 Å². The van der Waals surface area contributed by atoms with Crippen LogP contribution in [0.3, 0.4) is 0 Å². The fraction of sp³-hybridized carbons (Fsp3) is 0.438. The number of carboxylic acids is 1. The molecule has 0 aliphatic carbocycles. The van der Waals surface area contributed by atoms with E-state index >= 15 is 0 Å². The van der Waals surface area contributed by atoms with Crippen molar-refractivity contribution in [3.05, 3.63) is 30.3 Å². The summed E-state index contributed by atoms with van der Waals surface area (Å²) in [7, 11) is -1.61. The van der Waals surface area contributed by atoms with Crippen molar-refractivity contribution < 1.29 is 28.4 Å². The summed E-state index contributed by atoms with van der Waals surface area (Å²) in [5, 5.41) is 11.0. The van der Waals surface area contributed by atoms with Crippen LogP contribution in [0.25, 0.3) is 0 Å². The van der Waals surface area contributed by atoms with Crippen LogP contribution in [0, 0.1) is 0 Å². The van der Waals surface area contributed by atoms with Gasteiger partial charge in [0, 0.05) is 0 Å². The number of para-hydroxylation sites is 1. The molecular formula is C16H18N2O6S. The summed E-state index contributed by atoms with van der Waals surface area (Å²) in [5.41, 5.74) is 0. The number of β-lactam (4-membered cyclic amide) rings is 1. The molecule has 0 aromatic heterocycles. The number of carbonyl (C=O) groups excluding carboxylic acids is 2. The molecule has 3 rings (SSSR count). The molecule has 4 unspecified atom stereocenters. The molecule has 2 fully saturated rings. The number of rotatable bonds is 5. The Balaban J connectivity index is 1.65. The topological polar surface area (TPSA) is 113 Å². The zero-order chi connectivity index (χ0) is 18.4. The number of carbonyl (C=O) groups is 3. The lowest BCUT2D eigenvalue weighted by Crippen LogP contribution is -2.71. The molecule has 0 spiro atoms. The molecule has 1 aromatic carbocycles. The van der Waals surface area contributed by atoms with Crippen molar-refractivity contribution in [1.29, 1.82) is 0 Å². The summed E-state index contributed by atoms with van der Waals surface area (Å²) in [5.74, 6) is -1.76. The number of aliphatic carboxylic acids is 1. The van der Waals surface area contributed by atoms with Crippen molar-refractivity contribution in [3.63, 3.8) is 0 Å². The van der Waals surface area contributed by atoms with Gasteiger partial charge in [0.1, 0.15) is 23.2 Å². The number of amides is 2. The number of hydrogen-bond acceptors (Lipinski definition) is 5. The summed E-state index contributed by atoms with van der Waals surface area (Å²) < 4.78 is 16.8. The van der Waals surface area contributed by atoms with Crippen molar-refractivity contribution in [2.45, 2.75) is 36.1 Å². The van der Waals surface area contributed by atoms with Gasteiger partial charge in [-0.2, -0.15) is 0 Å². The number of benzene rings is 1. The number of hydrogen-bond donors (Lipinski definition) is 2. The van der Waals surface area contributed by atoms with Crippen LogP contribution in [0.15, 0.2) is 30.3 Å². The van der Waals surface area contributed by atoms with Crippen LogP contribution in [0.1, 0.15) is 13.8 Å². The smallest absolute Gasteiger partial charge is 0.328 e. The van der Waals surface area contributed by atoms with Gasteiger partial charge in [-0.05, 0) is 26.0 Å². The zero-order valence-electron chi connectivity index (χ0n) is 13.7. The summed E-state index contributed by atoms with van der Waals surface area (Å²) in [4.78, 5) is 36.8. The third kappa shape index (κ3) is 2.78. The van der Waals surface area contributed by atoms with Crippen LogP contribution in [-0.2, 0) is 25.2 Å². The van der Waals surface area contributed by atoms with Gasteiger partial charge in [-0.1, -0.05) is 18.2 Å². The first-order valence-electron chi connectivity index (χ1n) is 7.68. The van der Waals surface area contributed by atoms with Gasteiger partial charge in [-0.3, -0.25) is 13.8 Å². The number of nitrogens with zero attached hydrogens (tertiary/aromatic N) is 1. The van der Waals surface area contributed by atoms with Crippen LogP contribution in [0.5, 0.6) is 5.75 Å². The van der Waals surface area contributed by atoms with E-state index in [1.165, 1.54) is 0 Å². The maximum atomic E-state index is 12.6. The third-order valence-corrected chi connectivity index (χ3v) is 6.62. The molecule has 4 atom stereocenters. The van der Waals surface area contributed by atoms with E-state index in [4.69, 9.17) is 4.74 Å². The second-order valence-electron chi connectivity index (χ2n) is 6.42. The lowest BCUT2D eigenvalue weighted by molar-refractivity contribution is -0.161. The molecule has 8 nitrogen and oxygen atoms in total. The van der Waals surface area contributed by atoms with Crippen molar-refractivity contribution in [2.24, 2.45) is 0 Å². The highest BCUT2D eigenvalue weighted by atomic mass is 32.2. The number of nitrogens with one attached hydrogen (secondary N) is 1. The number of carboxylic acid groups (broad SMARTS) is 1. The van der Waals surface area contributed by atoms with Crippen LogP contribution < -0.4 is 10.1 Å². The van der Waals surface area contributed by atoms with E-state index in [0.717, 1.165) is 4.90 Å². The molecule has 9 heteroatoms. The molecule has 2 amide bonds. The van der Waals surface area contributed by atoms with E-state index in [0.29, 0.717) is 5.75 Å². The predicted octanol–water partition coefficient (Wildman–Crippen LogP) is -0.287. The maximum Gasteiger partial charge on any atom is 0.328 e. The monoisotopic (exact) mass is 366 g/mol. The predicted molar refractivity (Wildman–Crippen MR) is 88.1 cm³/mol. The molecule has 0 saturated carbocycles. The van der Waals surface area contributed by atoms with E-state index in [1.807, 2.05) is 6.07 Å². The maximum absolute atomic E-state index is 12.6. The van der Waals surface area contributed by atoms with Gasteiger partial charge in [-0.15, -0.1) is 0 Å². The Bertz CT molecular complexity index is 750. The normalized spacial score (nSPS) is 29.5. The molecular weight excluding hydrogens is 348 g/mol. The molecule has 0 bridgehead atoms. The number of fused-ring (bicyclic) bond motifs is 1. The summed E-state index contributed by atoms with van der Waals surface area (Å²) >= 11 is 0. The van der Waals surface area contributed by atoms with E-state index in [-0.39, 0.29) is 6.61 Å². The highest BCUT2D eigenvalue weighted by molar-refractivity contribution is 7.87. The second kappa shape index (κ2) is 6.14. The molecule has 2 N–H and O–H groups in total. The average molecular weight is 366 g/mol. The van der Waals surface area contributed by atoms with Gasteiger partial charge in [0.25, 0.3) is 5.91 Å². The Morgan fingerprint density at radius 2 is 1.96 bits per heavy atom. The van der Waals surface area contributed by atoms with Gasteiger partial charge in [-0.25, -0.2) is 4.79 Å². The second-order valence-corrected chi connectivity index (χ2v) is 8.55. The largest absolute Gasteiger partial charge is 0.484 e. The van der Waals surface area contributed by atoms with Crippen molar-refractivity contribution in [3.8, 4) is 5.75 Å². The zero-order valence-corrected chi connectivity index (χ0v) is 14.5. The van der Waals surface area contributed by atoms with E-state index in [1.54, 1.807) is 38.1 Å². The molecule has 2 heterocycles. The Hall–Kier alpha value is -2.42. The van der Waals surface area contributed by atoms with Crippen LogP contribution in [-0.4, -0.2) is 60.8 Å². The Morgan fingerprint density at radius 3 is 2.56 bits per heavy atom. The average Bonchev–Trinajstić information content (AvgIpc) is 2.76. The minimum absolute atomic E-state index is 0.293. The summed E-state index contributed by atoms with van der Waals surface area (Å²) in [6, 6.07) is 6.55. The van der Waals surface area contributed by atoms with E-state index in [2.05, 4.69) is 5.32 Å². The van der Waals surface area contributed by atoms with Crippen molar-refractivity contribution in [1.82, 2.24) is 10.2 Å². The molecule has 25 heavy (non-hydrogen) atoms. The SMILES string of the molecule is CC1(C)C(C(=O)O)N2C(=O)C(NC(=O)COc3ccccc3)C2S1=O. The van der Waals surface area contributed by atoms with Crippen LogP contribution in [0.4, 0.5) is 0 Å². The minimum Gasteiger partial charge on any atom is -0.484 e. The standard InChI is InChI=1S/C16H18N2O6S/c1-16(2)12(15(21)22)18-13(20)11(14(18)25(16)23)17-10(19)8-24-9-6-4-3-5-7-9/h3-7,11-12,14H,8H2,1-2H3,(H,17,19)(H,21,22). The first kappa shape index (κ1) is 17.4.